The average Bonchev–Trinajstić information content (AvgIpc) is 2.18. The molecule has 1 fully saturated rings. The third-order valence-corrected chi connectivity index (χ3v) is 3.17. The zero-order valence-electron chi connectivity index (χ0n) is 9.09. The van der Waals surface area contributed by atoms with Crippen LogP contribution in [0.3, 0.4) is 0 Å². The molecule has 0 radical (unpaired) electrons. The Labute approximate surface area is 90.9 Å². The van der Waals surface area contributed by atoms with Gasteiger partial charge in [-0.2, -0.15) is 5.26 Å². The van der Waals surface area contributed by atoms with Gasteiger partial charge in [0.15, 0.2) is 0 Å². The molecule has 1 aliphatic carbocycles. The predicted octanol–water partition coefficient (Wildman–Crippen LogP) is 3.08. The fourth-order valence-electron chi connectivity index (χ4n) is 1.83. The van der Waals surface area contributed by atoms with Crippen molar-refractivity contribution in [2.75, 3.05) is 11.9 Å². The number of hydrogen-bond donors (Lipinski definition) is 1. The molecule has 0 atom stereocenters. The molecule has 2 rings (SSSR count). The number of nitrogens with zero attached hydrogens (tertiary/aromatic N) is 1. The molecule has 15 heavy (non-hydrogen) atoms. The zero-order chi connectivity index (χ0) is 10.7. The van der Waals surface area contributed by atoms with E-state index in [0.717, 1.165) is 23.7 Å². The SMILES string of the molecule is Cc1ccc(C#N)cc1NCC1CCC1. The molecule has 1 N–H and O–H groups in total. The van der Waals surface area contributed by atoms with E-state index in [1.807, 2.05) is 18.2 Å². The summed E-state index contributed by atoms with van der Waals surface area (Å²) >= 11 is 0. The molecular weight excluding hydrogens is 184 g/mol. The summed E-state index contributed by atoms with van der Waals surface area (Å²) in [5.74, 6) is 0.843. The van der Waals surface area contributed by atoms with Gasteiger partial charge in [-0.3, -0.25) is 0 Å². The second-order valence-corrected chi connectivity index (χ2v) is 4.32. The minimum Gasteiger partial charge on any atom is -0.385 e. The van der Waals surface area contributed by atoms with E-state index in [4.69, 9.17) is 5.26 Å². The molecule has 2 nitrogen and oxygen atoms in total. The lowest BCUT2D eigenvalue weighted by atomic mass is 9.85. The van der Waals surface area contributed by atoms with Gasteiger partial charge in [0.25, 0.3) is 0 Å². The first-order chi connectivity index (χ1) is 7.29. The third kappa shape index (κ3) is 2.30. The molecule has 0 spiro atoms. The van der Waals surface area contributed by atoms with E-state index in [1.54, 1.807) is 0 Å². The summed E-state index contributed by atoms with van der Waals surface area (Å²) in [6.45, 7) is 3.12. The molecule has 1 aromatic carbocycles. The summed E-state index contributed by atoms with van der Waals surface area (Å²) in [6.07, 6.45) is 4.08. The number of rotatable bonds is 3. The second-order valence-electron chi connectivity index (χ2n) is 4.32. The Bertz CT molecular complexity index is 386. The number of nitrogens with one attached hydrogen (secondary N) is 1. The monoisotopic (exact) mass is 200 g/mol. The van der Waals surface area contributed by atoms with Crippen molar-refractivity contribution in [1.29, 1.82) is 5.26 Å². The van der Waals surface area contributed by atoms with Crippen LogP contribution in [-0.4, -0.2) is 6.54 Å². The van der Waals surface area contributed by atoms with Crippen molar-refractivity contribution in [2.45, 2.75) is 26.2 Å². The van der Waals surface area contributed by atoms with Crippen LogP contribution in [0, 0.1) is 24.2 Å². The summed E-state index contributed by atoms with van der Waals surface area (Å²) < 4.78 is 0. The second kappa shape index (κ2) is 4.35. The third-order valence-electron chi connectivity index (χ3n) is 3.17. The van der Waals surface area contributed by atoms with Crippen LogP contribution in [0.1, 0.15) is 30.4 Å². The van der Waals surface area contributed by atoms with Crippen molar-refractivity contribution in [2.24, 2.45) is 5.92 Å². The molecule has 78 valence electrons. The smallest absolute Gasteiger partial charge is 0.0992 e. The topological polar surface area (TPSA) is 35.8 Å². The maximum Gasteiger partial charge on any atom is 0.0992 e. The van der Waals surface area contributed by atoms with Gasteiger partial charge in [-0.25, -0.2) is 0 Å². The summed E-state index contributed by atoms with van der Waals surface area (Å²) in [5, 5.41) is 12.2. The number of hydrogen-bond acceptors (Lipinski definition) is 2. The molecule has 0 amide bonds. The van der Waals surface area contributed by atoms with E-state index in [0.29, 0.717) is 0 Å². The minimum absolute atomic E-state index is 0.733. The number of anilines is 1. The fourth-order valence-corrected chi connectivity index (χ4v) is 1.83. The Morgan fingerprint density at radius 2 is 2.27 bits per heavy atom. The first kappa shape index (κ1) is 10.0. The van der Waals surface area contributed by atoms with Crippen LogP contribution in [0.15, 0.2) is 18.2 Å². The Morgan fingerprint density at radius 3 is 2.87 bits per heavy atom. The average molecular weight is 200 g/mol. The number of benzene rings is 1. The summed E-state index contributed by atoms with van der Waals surface area (Å²) in [5.41, 5.74) is 3.06. The number of nitriles is 1. The van der Waals surface area contributed by atoms with Crippen molar-refractivity contribution in [1.82, 2.24) is 0 Å². The maximum atomic E-state index is 8.81. The van der Waals surface area contributed by atoms with Crippen LogP contribution >= 0.6 is 0 Å². The van der Waals surface area contributed by atoms with Crippen LogP contribution in [0.2, 0.25) is 0 Å². The zero-order valence-corrected chi connectivity index (χ0v) is 9.09. The van der Waals surface area contributed by atoms with E-state index >= 15 is 0 Å². The van der Waals surface area contributed by atoms with Gasteiger partial charge in [-0.1, -0.05) is 12.5 Å². The summed E-state index contributed by atoms with van der Waals surface area (Å²) in [6, 6.07) is 7.98. The Kier molecular flexibility index (Phi) is 2.91. The lowest BCUT2D eigenvalue weighted by Gasteiger charge is -2.26. The van der Waals surface area contributed by atoms with Crippen LogP contribution in [0.5, 0.6) is 0 Å². The van der Waals surface area contributed by atoms with Crippen molar-refractivity contribution < 1.29 is 0 Å². The van der Waals surface area contributed by atoms with Crippen molar-refractivity contribution in [3.05, 3.63) is 29.3 Å². The van der Waals surface area contributed by atoms with Crippen LogP contribution < -0.4 is 5.32 Å². The van der Waals surface area contributed by atoms with Gasteiger partial charge in [0, 0.05) is 12.2 Å². The van der Waals surface area contributed by atoms with Crippen molar-refractivity contribution in [3.8, 4) is 6.07 Å². The first-order valence-electron chi connectivity index (χ1n) is 5.54. The van der Waals surface area contributed by atoms with Gasteiger partial charge in [-0.05, 0) is 43.4 Å². The molecule has 2 heteroatoms. The van der Waals surface area contributed by atoms with E-state index in [-0.39, 0.29) is 0 Å². The van der Waals surface area contributed by atoms with Gasteiger partial charge < -0.3 is 5.32 Å². The van der Waals surface area contributed by atoms with Crippen molar-refractivity contribution in [3.63, 3.8) is 0 Å². The predicted molar refractivity (Wildman–Crippen MR) is 61.7 cm³/mol. The Balaban J connectivity index is 2.02. The Morgan fingerprint density at radius 1 is 1.47 bits per heavy atom. The van der Waals surface area contributed by atoms with Crippen LogP contribution in [-0.2, 0) is 0 Å². The van der Waals surface area contributed by atoms with Gasteiger partial charge in [0.1, 0.15) is 0 Å². The highest BCUT2D eigenvalue weighted by Gasteiger charge is 2.16. The lowest BCUT2D eigenvalue weighted by Crippen LogP contribution is -2.21. The normalized spacial score (nSPS) is 15.5. The molecule has 1 aliphatic rings. The van der Waals surface area contributed by atoms with Gasteiger partial charge in [0.05, 0.1) is 11.6 Å². The van der Waals surface area contributed by atoms with E-state index in [9.17, 15) is 0 Å². The lowest BCUT2D eigenvalue weighted by molar-refractivity contribution is 0.333. The molecule has 0 heterocycles. The fraction of sp³-hybridized carbons (Fsp3) is 0.462. The maximum absolute atomic E-state index is 8.81. The molecule has 1 aromatic rings. The van der Waals surface area contributed by atoms with E-state index < -0.39 is 0 Å². The number of aryl methyl sites for hydroxylation is 1. The van der Waals surface area contributed by atoms with Gasteiger partial charge >= 0.3 is 0 Å². The summed E-state index contributed by atoms with van der Waals surface area (Å²) in [4.78, 5) is 0. The first-order valence-corrected chi connectivity index (χ1v) is 5.54. The highest BCUT2D eigenvalue weighted by atomic mass is 14.9. The van der Waals surface area contributed by atoms with Gasteiger partial charge in [0.2, 0.25) is 0 Å². The quantitative estimate of drug-likeness (QED) is 0.813. The molecule has 0 unspecified atom stereocenters. The molecule has 1 saturated carbocycles. The van der Waals surface area contributed by atoms with Crippen LogP contribution in [0.25, 0.3) is 0 Å². The molecular formula is C13H16N2. The van der Waals surface area contributed by atoms with Crippen LogP contribution in [0.4, 0.5) is 5.69 Å². The van der Waals surface area contributed by atoms with E-state index in [1.165, 1.54) is 24.8 Å². The van der Waals surface area contributed by atoms with E-state index in [2.05, 4.69) is 18.3 Å². The molecule has 0 aliphatic heterocycles. The standard InChI is InChI=1S/C13H16N2/c1-10-5-6-12(8-14)7-13(10)15-9-11-3-2-4-11/h5-7,11,15H,2-4,9H2,1H3. The highest BCUT2D eigenvalue weighted by Crippen LogP contribution is 2.27. The molecule has 0 bridgehead atoms. The summed E-state index contributed by atoms with van der Waals surface area (Å²) in [7, 11) is 0. The molecule has 0 aromatic heterocycles. The Hall–Kier alpha value is -1.49. The van der Waals surface area contributed by atoms with Crippen molar-refractivity contribution >= 4 is 5.69 Å². The van der Waals surface area contributed by atoms with Gasteiger partial charge in [-0.15, -0.1) is 0 Å². The largest absolute Gasteiger partial charge is 0.385 e. The molecule has 0 saturated heterocycles. The highest BCUT2D eigenvalue weighted by molar-refractivity contribution is 5.55. The minimum atomic E-state index is 0.733.